The molecule has 0 amide bonds. The Labute approximate surface area is 90.0 Å². The number of carbonyl (C=O) groups is 2. The molecule has 0 spiro atoms. The average Bonchev–Trinajstić information content (AvgIpc) is 2.27. The summed E-state index contributed by atoms with van der Waals surface area (Å²) in [4.78, 5) is 25.1. The zero-order chi connectivity index (χ0) is 11.7. The maximum Gasteiger partial charge on any atom is 0.0900 e. The van der Waals surface area contributed by atoms with Gasteiger partial charge in [-0.05, 0) is 6.07 Å². The number of carbonyl (C=O) groups excluding carboxylic acids is 2. The van der Waals surface area contributed by atoms with Crippen LogP contribution in [-0.2, 0) is 0 Å². The fourth-order valence-corrected chi connectivity index (χ4v) is 1.43. The molecule has 0 atom stereocenters. The minimum atomic E-state index is -1.45. The zero-order valence-corrected chi connectivity index (χ0v) is 7.97. The monoisotopic (exact) mass is 215 g/mol. The molecule has 0 saturated heterocycles. The van der Waals surface area contributed by atoms with Crippen LogP contribution in [0.3, 0.4) is 0 Å². The van der Waals surface area contributed by atoms with Crippen molar-refractivity contribution in [2.75, 3.05) is 0 Å². The highest BCUT2D eigenvalue weighted by Crippen LogP contribution is 2.16. The lowest BCUT2D eigenvalue weighted by Crippen LogP contribution is -2.25. The highest BCUT2D eigenvalue weighted by molar-refractivity contribution is 6.01. The van der Waals surface area contributed by atoms with Crippen LogP contribution in [0.15, 0.2) is 30.3 Å². The maximum absolute atomic E-state index is 10.8. The van der Waals surface area contributed by atoms with E-state index in [-0.39, 0.29) is 16.8 Å². The van der Waals surface area contributed by atoms with Gasteiger partial charge < -0.3 is 19.8 Å². The Bertz CT molecular complexity index is 592. The normalized spacial score (nSPS) is 10.2. The number of benzene rings is 1. The molecule has 0 aliphatic heterocycles. The van der Waals surface area contributed by atoms with E-state index in [1.54, 1.807) is 6.07 Å². The van der Waals surface area contributed by atoms with Crippen molar-refractivity contribution < 1.29 is 19.8 Å². The van der Waals surface area contributed by atoms with E-state index in [1.807, 2.05) is 0 Å². The summed E-state index contributed by atoms with van der Waals surface area (Å²) in [6.07, 6.45) is 0. The fourth-order valence-electron chi connectivity index (χ4n) is 1.43. The van der Waals surface area contributed by atoms with E-state index in [0.717, 1.165) is 0 Å². The molecule has 1 aromatic heterocycles. The minimum Gasteiger partial charge on any atom is -0.545 e. The first kappa shape index (κ1) is 10.1. The smallest absolute Gasteiger partial charge is 0.0900 e. The Kier molecular flexibility index (Phi) is 2.28. The van der Waals surface area contributed by atoms with Crippen LogP contribution in [-0.4, -0.2) is 16.9 Å². The molecule has 16 heavy (non-hydrogen) atoms. The molecular formula is C11H5NO4-2. The number of aromatic carboxylic acids is 2. The second kappa shape index (κ2) is 3.62. The first-order valence-electron chi connectivity index (χ1n) is 4.42. The quantitative estimate of drug-likeness (QED) is 0.638. The van der Waals surface area contributed by atoms with Crippen molar-refractivity contribution in [2.24, 2.45) is 0 Å². The summed E-state index contributed by atoms with van der Waals surface area (Å²) < 4.78 is 0. The number of aromatic nitrogens is 1. The van der Waals surface area contributed by atoms with Crippen LogP contribution in [0.1, 0.15) is 20.8 Å². The van der Waals surface area contributed by atoms with Crippen LogP contribution in [0.2, 0.25) is 0 Å². The molecule has 0 unspecified atom stereocenters. The predicted molar refractivity (Wildman–Crippen MR) is 50.4 cm³/mol. The number of hydrogen-bond donors (Lipinski definition) is 0. The first-order valence-corrected chi connectivity index (χ1v) is 4.42. The van der Waals surface area contributed by atoms with Crippen LogP contribution in [0.25, 0.3) is 10.9 Å². The number of carboxylic acids is 2. The molecule has 2 rings (SSSR count). The molecule has 0 fully saturated rings. The molecule has 1 heterocycles. The highest BCUT2D eigenvalue weighted by Gasteiger charge is 2.04. The number of para-hydroxylation sites is 1. The molecule has 0 radical (unpaired) electrons. The summed E-state index contributed by atoms with van der Waals surface area (Å²) >= 11 is 0. The third kappa shape index (κ3) is 1.58. The van der Waals surface area contributed by atoms with Crippen LogP contribution in [0, 0.1) is 0 Å². The summed E-state index contributed by atoms with van der Waals surface area (Å²) in [5.74, 6) is -2.84. The van der Waals surface area contributed by atoms with E-state index in [0.29, 0.717) is 5.39 Å². The number of rotatable bonds is 2. The first-order chi connectivity index (χ1) is 7.59. The largest absolute Gasteiger partial charge is 0.545 e. The van der Waals surface area contributed by atoms with Gasteiger partial charge in [0.25, 0.3) is 0 Å². The zero-order valence-electron chi connectivity index (χ0n) is 7.97. The van der Waals surface area contributed by atoms with Crippen LogP contribution >= 0.6 is 0 Å². The summed E-state index contributed by atoms with van der Waals surface area (Å²) in [7, 11) is 0. The summed E-state index contributed by atoms with van der Waals surface area (Å²) in [5.41, 5.74) is -0.356. The molecule has 80 valence electrons. The van der Waals surface area contributed by atoms with Gasteiger partial charge in [0.15, 0.2) is 0 Å². The van der Waals surface area contributed by atoms with Gasteiger partial charge in [-0.1, -0.05) is 24.3 Å². The van der Waals surface area contributed by atoms with Gasteiger partial charge in [-0.25, -0.2) is 4.98 Å². The molecule has 5 heteroatoms. The van der Waals surface area contributed by atoms with Gasteiger partial charge in [0.05, 0.1) is 23.1 Å². The van der Waals surface area contributed by atoms with E-state index in [9.17, 15) is 19.8 Å². The van der Waals surface area contributed by atoms with Gasteiger partial charge in [-0.2, -0.15) is 0 Å². The van der Waals surface area contributed by atoms with E-state index in [4.69, 9.17) is 0 Å². The second-order valence-corrected chi connectivity index (χ2v) is 3.15. The number of pyridine rings is 1. The van der Waals surface area contributed by atoms with Crippen molar-refractivity contribution in [3.8, 4) is 0 Å². The molecule has 0 aliphatic carbocycles. The lowest BCUT2D eigenvalue weighted by atomic mass is 10.1. The standard InChI is InChI=1S/C11H7NO4/c13-10(14)7-3-1-2-6-4-5-8(11(15)16)12-9(6)7/h1-5H,(H,13,14)(H,15,16)/p-2. The van der Waals surface area contributed by atoms with Crippen molar-refractivity contribution in [3.63, 3.8) is 0 Å². The Hall–Kier alpha value is -2.43. The molecule has 2 aromatic rings. The summed E-state index contributed by atoms with van der Waals surface area (Å²) in [6.45, 7) is 0. The molecule has 0 bridgehead atoms. The van der Waals surface area contributed by atoms with Gasteiger partial charge in [0.1, 0.15) is 0 Å². The molecule has 5 nitrogen and oxygen atoms in total. The Morgan fingerprint density at radius 2 is 1.75 bits per heavy atom. The van der Waals surface area contributed by atoms with Crippen molar-refractivity contribution in [2.45, 2.75) is 0 Å². The predicted octanol–water partition coefficient (Wildman–Crippen LogP) is -1.04. The SMILES string of the molecule is O=C([O-])c1ccc2cccc(C(=O)[O-])c2n1. The Morgan fingerprint density at radius 3 is 2.38 bits per heavy atom. The van der Waals surface area contributed by atoms with E-state index < -0.39 is 11.9 Å². The summed E-state index contributed by atoms with van der Waals surface area (Å²) in [5, 5.41) is 21.9. The van der Waals surface area contributed by atoms with Crippen molar-refractivity contribution in [1.82, 2.24) is 4.98 Å². The molecule has 1 aromatic carbocycles. The molecule has 0 aliphatic rings. The summed E-state index contributed by atoms with van der Waals surface area (Å²) in [6, 6.07) is 7.21. The average molecular weight is 215 g/mol. The number of hydrogen-bond acceptors (Lipinski definition) is 5. The van der Waals surface area contributed by atoms with Crippen LogP contribution in [0.5, 0.6) is 0 Å². The third-order valence-electron chi connectivity index (χ3n) is 2.15. The number of carboxylic acid groups (broad SMARTS) is 2. The Balaban J connectivity index is 2.78. The van der Waals surface area contributed by atoms with E-state index in [1.165, 1.54) is 24.3 Å². The van der Waals surface area contributed by atoms with Gasteiger partial charge >= 0.3 is 0 Å². The van der Waals surface area contributed by atoms with Crippen LogP contribution < -0.4 is 10.2 Å². The number of fused-ring (bicyclic) bond motifs is 1. The maximum atomic E-state index is 10.8. The van der Waals surface area contributed by atoms with E-state index >= 15 is 0 Å². The molecular weight excluding hydrogens is 210 g/mol. The van der Waals surface area contributed by atoms with Crippen LogP contribution in [0.4, 0.5) is 0 Å². The second-order valence-electron chi connectivity index (χ2n) is 3.15. The fraction of sp³-hybridized carbons (Fsp3) is 0. The van der Waals surface area contributed by atoms with Gasteiger partial charge in [0, 0.05) is 10.9 Å². The topological polar surface area (TPSA) is 93.1 Å². The van der Waals surface area contributed by atoms with Gasteiger partial charge in [-0.3, -0.25) is 0 Å². The lowest BCUT2D eigenvalue weighted by Gasteiger charge is -2.08. The van der Waals surface area contributed by atoms with E-state index in [2.05, 4.69) is 4.98 Å². The van der Waals surface area contributed by atoms with Crippen molar-refractivity contribution in [1.29, 1.82) is 0 Å². The van der Waals surface area contributed by atoms with Gasteiger partial charge in [0.2, 0.25) is 0 Å². The molecule has 0 N–H and O–H groups in total. The molecule has 0 saturated carbocycles. The van der Waals surface area contributed by atoms with Gasteiger partial charge in [-0.15, -0.1) is 0 Å². The lowest BCUT2D eigenvalue weighted by molar-refractivity contribution is -0.256. The minimum absolute atomic E-state index is 0.0872. The number of nitrogens with zero attached hydrogens (tertiary/aromatic N) is 1. The Morgan fingerprint density at radius 1 is 1.00 bits per heavy atom. The highest BCUT2D eigenvalue weighted by atomic mass is 16.4. The van der Waals surface area contributed by atoms with Crippen molar-refractivity contribution in [3.05, 3.63) is 41.6 Å². The van der Waals surface area contributed by atoms with Crippen molar-refractivity contribution >= 4 is 22.8 Å². The third-order valence-corrected chi connectivity index (χ3v) is 2.15.